The summed E-state index contributed by atoms with van der Waals surface area (Å²) in [6.07, 6.45) is -4.65. The molecule has 1 N–H and O–H groups in total. The van der Waals surface area contributed by atoms with E-state index in [-0.39, 0.29) is 27.2 Å². The second kappa shape index (κ2) is 8.98. The summed E-state index contributed by atoms with van der Waals surface area (Å²) in [6.45, 7) is 0.358. The van der Waals surface area contributed by atoms with E-state index in [0.29, 0.717) is 16.9 Å². The maximum absolute atomic E-state index is 13.1. The molecule has 2 aromatic carbocycles. The minimum atomic E-state index is -4.65. The van der Waals surface area contributed by atoms with E-state index in [1.165, 1.54) is 6.07 Å². The molecule has 31 heavy (non-hydrogen) atoms. The molecule has 0 spiro atoms. The summed E-state index contributed by atoms with van der Waals surface area (Å²) < 4.78 is 39.4. The van der Waals surface area contributed by atoms with Crippen molar-refractivity contribution in [2.24, 2.45) is 0 Å². The van der Waals surface area contributed by atoms with Crippen molar-refractivity contribution in [3.63, 3.8) is 0 Å². The van der Waals surface area contributed by atoms with Crippen LogP contribution in [0, 0.1) is 0 Å². The normalized spacial score (nSPS) is 11.6. The van der Waals surface area contributed by atoms with Gasteiger partial charge in [0.2, 0.25) is 10.8 Å². The van der Waals surface area contributed by atoms with E-state index in [0.717, 1.165) is 28.7 Å². The minimum Gasteiger partial charge on any atom is -0.346 e. The Labute approximate surface area is 183 Å². The van der Waals surface area contributed by atoms with Crippen molar-refractivity contribution in [3.05, 3.63) is 76.0 Å². The van der Waals surface area contributed by atoms with E-state index in [2.05, 4.69) is 25.5 Å². The Morgan fingerprint density at radius 1 is 1.00 bits per heavy atom. The smallest absolute Gasteiger partial charge is 0.346 e. The van der Waals surface area contributed by atoms with Gasteiger partial charge in [0, 0.05) is 11.9 Å². The number of nitrogens with zero attached hydrogens (tertiary/aromatic N) is 4. The molecule has 158 valence electrons. The van der Waals surface area contributed by atoms with Crippen molar-refractivity contribution in [2.75, 3.05) is 0 Å². The predicted octanol–water partition coefficient (Wildman–Crippen LogP) is 4.72. The van der Waals surface area contributed by atoms with Crippen LogP contribution >= 0.6 is 23.1 Å². The summed E-state index contributed by atoms with van der Waals surface area (Å²) in [4.78, 5) is 19.6. The maximum atomic E-state index is 13.1. The Morgan fingerprint density at radius 3 is 2.52 bits per heavy atom. The van der Waals surface area contributed by atoms with Crippen LogP contribution < -0.4 is 5.32 Å². The number of para-hydroxylation sites is 1. The standard InChI is InChI=1S/C20H14F3N5OS2/c21-20(22,23)19-25-14-9-5-4-8-13(14)17(26-19)30-11-15-27-28-18(31-15)16(29)24-10-12-6-2-1-3-7-12/h1-9H,10-11H2,(H,24,29). The summed E-state index contributed by atoms with van der Waals surface area (Å²) in [5, 5.41) is 12.0. The Morgan fingerprint density at radius 2 is 1.74 bits per heavy atom. The average molecular weight is 461 g/mol. The fraction of sp³-hybridized carbons (Fsp3) is 0.150. The quantitative estimate of drug-likeness (QED) is 0.331. The molecule has 0 radical (unpaired) electrons. The second-order valence-electron chi connectivity index (χ2n) is 6.33. The third-order valence-electron chi connectivity index (χ3n) is 4.11. The van der Waals surface area contributed by atoms with Gasteiger partial charge in [0.25, 0.3) is 5.91 Å². The highest BCUT2D eigenvalue weighted by atomic mass is 32.2. The lowest BCUT2D eigenvalue weighted by atomic mass is 10.2. The van der Waals surface area contributed by atoms with Crippen LogP contribution in [0.4, 0.5) is 13.2 Å². The molecule has 0 fully saturated rings. The zero-order valence-electron chi connectivity index (χ0n) is 15.8. The third-order valence-corrected chi connectivity index (χ3v) is 6.22. The van der Waals surface area contributed by atoms with Gasteiger partial charge in [-0.1, -0.05) is 71.6 Å². The number of halogens is 3. The SMILES string of the molecule is O=C(NCc1ccccc1)c1nnc(CSc2nc(C(F)(F)F)nc3ccccc23)s1. The first-order valence-corrected chi connectivity index (χ1v) is 10.8. The molecule has 6 nitrogen and oxygen atoms in total. The van der Waals surface area contributed by atoms with E-state index in [9.17, 15) is 18.0 Å². The summed E-state index contributed by atoms with van der Waals surface area (Å²) in [5.41, 5.74) is 1.16. The van der Waals surface area contributed by atoms with Crippen molar-refractivity contribution in [3.8, 4) is 0 Å². The molecule has 0 saturated carbocycles. The molecule has 0 aliphatic carbocycles. The van der Waals surface area contributed by atoms with Gasteiger partial charge in [-0.2, -0.15) is 13.2 Å². The van der Waals surface area contributed by atoms with Crippen LogP contribution in [0.15, 0.2) is 59.6 Å². The fourth-order valence-corrected chi connectivity index (χ4v) is 4.43. The van der Waals surface area contributed by atoms with Gasteiger partial charge in [-0.3, -0.25) is 4.79 Å². The molecular formula is C20H14F3N5OS2. The molecule has 0 unspecified atom stereocenters. The largest absolute Gasteiger partial charge is 0.451 e. The number of thioether (sulfide) groups is 1. The molecular weight excluding hydrogens is 447 g/mol. The van der Waals surface area contributed by atoms with Crippen LogP contribution in [0.3, 0.4) is 0 Å². The molecule has 4 aromatic rings. The van der Waals surface area contributed by atoms with E-state index < -0.39 is 12.0 Å². The number of hydrogen-bond acceptors (Lipinski definition) is 7. The van der Waals surface area contributed by atoms with Gasteiger partial charge < -0.3 is 5.32 Å². The van der Waals surface area contributed by atoms with Crippen LogP contribution in [0.2, 0.25) is 0 Å². The van der Waals surface area contributed by atoms with E-state index >= 15 is 0 Å². The Balaban J connectivity index is 1.46. The third kappa shape index (κ3) is 5.17. The second-order valence-corrected chi connectivity index (χ2v) is 8.35. The number of carbonyl (C=O) groups is 1. The number of fused-ring (bicyclic) bond motifs is 1. The lowest BCUT2D eigenvalue weighted by Gasteiger charge is -2.09. The number of hydrogen-bond donors (Lipinski definition) is 1. The average Bonchev–Trinajstić information content (AvgIpc) is 3.25. The topological polar surface area (TPSA) is 80.7 Å². The molecule has 0 saturated heterocycles. The van der Waals surface area contributed by atoms with E-state index in [1.54, 1.807) is 18.2 Å². The first kappa shape index (κ1) is 21.2. The lowest BCUT2D eigenvalue weighted by molar-refractivity contribution is -0.145. The zero-order valence-corrected chi connectivity index (χ0v) is 17.4. The molecule has 11 heteroatoms. The number of benzene rings is 2. The first-order chi connectivity index (χ1) is 14.9. The van der Waals surface area contributed by atoms with Gasteiger partial charge in [0.05, 0.1) is 11.3 Å². The Hall–Kier alpha value is -3.05. The van der Waals surface area contributed by atoms with Gasteiger partial charge in [0.1, 0.15) is 10.0 Å². The highest BCUT2D eigenvalue weighted by Crippen LogP contribution is 2.33. The van der Waals surface area contributed by atoms with Gasteiger partial charge in [-0.05, 0) is 11.6 Å². The molecule has 2 aromatic heterocycles. The van der Waals surface area contributed by atoms with E-state index in [4.69, 9.17) is 0 Å². The van der Waals surface area contributed by atoms with Crippen LogP contribution in [0.25, 0.3) is 10.9 Å². The van der Waals surface area contributed by atoms with Crippen LogP contribution in [-0.2, 0) is 18.5 Å². The number of aromatic nitrogens is 4. The number of nitrogens with one attached hydrogen (secondary N) is 1. The number of carbonyl (C=O) groups excluding carboxylic acids is 1. The van der Waals surface area contributed by atoms with Gasteiger partial charge in [-0.15, -0.1) is 10.2 Å². The molecule has 0 aliphatic rings. The molecule has 0 aliphatic heterocycles. The lowest BCUT2D eigenvalue weighted by Crippen LogP contribution is -2.22. The summed E-state index contributed by atoms with van der Waals surface area (Å²) in [5.74, 6) is -1.32. The van der Waals surface area contributed by atoms with Crippen LogP contribution in [0.5, 0.6) is 0 Å². The molecule has 0 bridgehead atoms. The summed E-state index contributed by atoms with van der Waals surface area (Å²) >= 11 is 2.18. The highest BCUT2D eigenvalue weighted by molar-refractivity contribution is 7.98. The number of rotatable bonds is 6. The van der Waals surface area contributed by atoms with Gasteiger partial charge in [-0.25, -0.2) is 9.97 Å². The summed E-state index contributed by atoms with van der Waals surface area (Å²) in [6, 6.07) is 15.9. The highest BCUT2D eigenvalue weighted by Gasteiger charge is 2.35. The van der Waals surface area contributed by atoms with Crippen LogP contribution in [0.1, 0.15) is 26.2 Å². The Kier molecular flexibility index (Phi) is 6.14. The maximum Gasteiger partial charge on any atom is 0.451 e. The minimum absolute atomic E-state index is 0.190. The Bertz CT molecular complexity index is 1210. The first-order valence-electron chi connectivity index (χ1n) is 9.01. The number of amides is 1. The van der Waals surface area contributed by atoms with Crippen molar-refractivity contribution in [2.45, 2.75) is 23.5 Å². The molecule has 4 rings (SSSR count). The molecule has 2 heterocycles. The van der Waals surface area contributed by atoms with Gasteiger partial charge >= 0.3 is 6.18 Å². The fourth-order valence-electron chi connectivity index (χ4n) is 2.67. The predicted molar refractivity (Wildman–Crippen MR) is 112 cm³/mol. The van der Waals surface area contributed by atoms with Gasteiger partial charge in [0.15, 0.2) is 0 Å². The van der Waals surface area contributed by atoms with Crippen molar-refractivity contribution >= 4 is 39.9 Å². The monoisotopic (exact) mass is 461 g/mol. The van der Waals surface area contributed by atoms with E-state index in [1.807, 2.05) is 30.3 Å². The zero-order chi connectivity index (χ0) is 21.8. The summed E-state index contributed by atoms with van der Waals surface area (Å²) in [7, 11) is 0. The van der Waals surface area contributed by atoms with Crippen molar-refractivity contribution < 1.29 is 18.0 Å². The number of alkyl halides is 3. The van der Waals surface area contributed by atoms with Crippen LogP contribution in [-0.4, -0.2) is 26.1 Å². The molecule has 1 amide bonds. The molecule has 0 atom stereocenters. The van der Waals surface area contributed by atoms with Crippen molar-refractivity contribution in [1.29, 1.82) is 0 Å². The van der Waals surface area contributed by atoms with Crippen molar-refractivity contribution in [1.82, 2.24) is 25.5 Å².